The van der Waals surface area contributed by atoms with Crippen LogP contribution in [0.15, 0.2) is 66.7 Å². The molecule has 1 amide bonds. The number of rotatable bonds is 8. The molecule has 3 aromatic rings. The van der Waals surface area contributed by atoms with Crippen LogP contribution in [0.5, 0.6) is 5.75 Å². The number of carboxylic acid groups (broad SMARTS) is 1. The zero-order valence-electron chi connectivity index (χ0n) is 18.8. The molecule has 176 valence electrons. The first-order valence-corrected chi connectivity index (χ1v) is 11.4. The highest BCUT2D eigenvalue weighted by Gasteiger charge is 2.36. The summed E-state index contributed by atoms with van der Waals surface area (Å²) in [6.45, 7) is 2.14. The zero-order chi connectivity index (χ0) is 24.3. The van der Waals surface area contributed by atoms with E-state index in [1.807, 2.05) is 31.2 Å². The van der Waals surface area contributed by atoms with Gasteiger partial charge in [0.1, 0.15) is 17.2 Å². The normalized spacial score (nSPS) is 16.6. The van der Waals surface area contributed by atoms with Gasteiger partial charge in [0, 0.05) is 36.5 Å². The second kappa shape index (κ2) is 9.85. The predicted octanol–water partition coefficient (Wildman–Crippen LogP) is 5.53. The number of amides is 1. The Labute approximate surface area is 202 Å². The van der Waals surface area contributed by atoms with Gasteiger partial charge < -0.3 is 14.7 Å². The van der Waals surface area contributed by atoms with Crippen LogP contribution >= 0.6 is 11.6 Å². The van der Waals surface area contributed by atoms with E-state index < -0.39 is 17.4 Å². The fourth-order valence-corrected chi connectivity index (χ4v) is 4.52. The maximum Gasteiger partial charge on any atom is 0.305 e. The lowest BCUT2D eigenvalue weighted by Crippen LogP contribution is -2.33. The summed E-state index contributed by atoms with van der Waals surface area (Å²) in [7, 11) is 0. The Kier molecular flexibility index (Phi) is 6.89. The van der Waals surface area contributed by atoms with Gasteiger partial charge in [-0.3, -0.25) is 9.59 Å². The summed E-state index contributed by atoms with van der Waals surface area (Å²) >= 11 is 6.33. The van der Waals surface area contributed by atoms with Gasteiger partial charge in [0.25, 0.3) is 5.91 Å². The van der Waals surface area contributed by atoms with E-state index in [9.17, 15) is 14.0 Å². The highest BCUT2D eigenvalue weighted by molar-refractivity contribution is 6.31. The molecule has 5 nitrogen and oxygen atoms in total. The molecule has 0 radical (unpaired) electrons. The molecule has 1 aliphatic heterocycles. The molecule has 1 N–H and O–H groups in total. The molecule has 34 heavy (non-hydrogen) atoms. The number of carbonyl (C=O) groups excluding carboxylic acids is 1. The van der Waals surface area contributed by atoms with Gasteiger partial charge >= 0.3 is 5.97 Å². The molecule has 1 heterocycles. The van der Waals surface area contributed by atoms with Crippen molar-refractivity contribution in [1.82, 2.24) is 4.90 Å². The largest absolute Gasteiger partial charge is 0.487 e. The van der Waals surface area contributed by atoms with Crippen molar-refractivity contribution < 1.29 is 23.8 Å². The summed E-state index contributed by atoms with van der Waals surface area (Å²) in [6, 6.07) is 18.9. The van der Waals surface area contributed by atoms with Crippen molar-refractivity contribution in [3.05, 3.63) is 99.8 Å². The van der Waals surface area contributed by atoms with Gasteiger partial charge in [0.2, 0.25) is 0 Å². The molecular weight excluding hydrogens is 457 g/mol. The van der Waals surface area contributed by atoms with E-state index in [-0.39, 0.29) is 25.4 Å². The minimum atomic E-state index is -1.00. The summed E-state index contributed by atoms with van der Waals surface area (Å²) in [5, 5.41) is 9.81. The Hall–Kier alpha value is -3.38. The van der Waals surface area contributed by atoms with Gasteiger partial charge in [-0.2, -0.15) is 0 Å². The third-order valence-electron chi connectivity index (χ3n) is 5.90. The summed E-state index contributed by atoms with van der Waals surface area (Å²) in [5.41, 5.74) is 2.43. The lowest BCUT2D eigenvalue weighted by Gasteiger charge is -2.24. The number of carbonyl (C=O) groups is 2. The molecule has 0 aliphatic carbocycles. The van der Waals surface area contributed by atoms with E-state index >= 15 is 0 Å². The number of hydrogen-bond acceptors (Lipinski definition) is 3. The molecule has 0 saturated carbocycles. The first-order chi connectivity index (χ1) is 16.2. The summed E-state index contributed by atoms with van der Waals surface area (Å²) in [6.07, 6.45) is 1.02. The summed E-state index contributed by atoms with van der Waals surface area (Å²) in [5.74, 6) is -1.01. The number of nitrogens with zero attached hydrogens (tertiary/aromatic N) is 1. The maximum absolute atomic E-state index is 13.6. The third-order valence-corrected chi connectivity index (χ3v) is 6.26. The topological polar surface area (TPSA) is 66.8 Å². The first kappa shape index (κ1) is 23.8. The van der Waals surface area contributed by atoms with Crippen LogP contribution in [0.25, 0.3) is 0 Å². The van der Waals surface area contributed by atoms with Crippen LogP contribution in [0.1, 0.15) is 40.4 Å². The molecule has 4 rings (SSSR count). The van der Waals surface area contributed by atoms with E-state index in [1.165, 1.54) is 17.0 Å². The third kappa shape index (κ3) is 5.57. The number of ether oxygens (including phenoxy) is 1. The Balaban J connectivity index is 1.53. The minimum absolute atomic E-state index is 0.0164. The van der Waals surface area contributed by atoms with Gasteiger partial charge in [-0.25, -0.2) is 4.39 Å². The molecule has 7 heteroatoms. The van der Waals surface area contributed by atoms with Crippen molar-refractivity contribution in [2.24, 2.45) is 0 Å². The van der Waals surface area contributed by atoms with Crippen molar-refractivity contribution in [2.45, 2.75) is 38.3 Å². The van der Waals surface area contributed by atoms with Crippen LogP contribution in [0.4, 0.5) is 4.39 Å². The Bertz CT molecular complexity index is 1230. The van der Waals surface area contributed by atoms with Gasteiger partial charge in [-0.1, -0.05) is 41.9 Å². The average Bonchev–Trinajstić information content (AvgIpc) is 3.12. The number of aliphatic carboxylic acids is 1. The van der Waals surface area contributed by atoms with Gasteiger partial charge in [-0.15, -0.1) is 0 Å². The zero-order valence-corrected chi connectivity index (χ0v) is 19.5. The van der Waals surface area contributed by atoms with Crippen LogP contribution in [-0.4, -0.2) is 34.0 Å². The van der Waals surface area contributed by atoms with E-state index in [0.717, 1.165) is 11.1 Å². The summed E-state index contributed by atoms with van der Waals surface area (Å²) < 4.78 is 19.9. The van der Waals surface area contributed by atoms with E-state index in [4.69, 9.17) is 21.4 Å². The standard InChI is InChI=1S/C27H25ClFNO4/c1-27(15-20-6-2-3-8-23(20)28)16-21-14-19(9-10-24(21)34-27)26(33)30(12-11-25(31)32)17-18-5-4-7-22(29)13-18/h2-10,13-14H,11-12,15-17H2,1H3,(H,31,32). The number of fused-ring (bicyclic) bond motifs is 1. The Morgan fingerprint density at radius 3 is 2.65 bits per heavy atom. The first-order valence-electron chi connectivity index (χ1n) is 11.0. The van der Waals surface area contributed by atoms with Gasteiger partial charge in [0.05, 0.1) is 6.42 Å². The van der Waals surface area contributed by atoms with Crippen LogP contribution in [0.2, 0.25) is 5.02 Å². The van der Waals surface area contributed by atoms with Gasteiger partial charge in [0.15, 0.2) is 0 Å². The second-order valence-corrected chi connectivity index (χ2v) is 9.23. The number of carboxylic acids is 1. The summed E-state index contributed by atoms with van der Waals surface area (Å²) in [4.78, 5) is 25.9. The molecule has 0 aromatic heterocycles. The SMILES string of the molecule is CC1(Cc2ccccc2Cl)Cc2cc(C(=O)N(CCC(=O)O)Cc3cccc(F)c3)ccc2O1. The molecule has 1 aliphatic rings. The number of halogens is 2. The van der Waals surface area contributed by atoms with Crippen LogP contribution in [-0.2, 0) is 24.2 Å². The quantitative estimate of drug-likeness (QED) is 0.459. The highest BCUT2D eigenvalue weighted by atomic mass is 35.5. The molecule has 1 atom stereocenters. The maximum atomic E-state index is 13.6. The van der Waals surface area contributed by atoms with Crippen molar-refractivity contribution in [3.8, 4) is 5.75 Å². The molecule has 0 spiro atoms. The Morgan fingerprint density at radius 1 is 1.12 bits per heavy atom. The molecular formula is C27H25ClFNO4. The fraction of sp³-hybridized carbons (Fsp3) is 0.259. The van der Waals surface area contributed by atoms with Crippen molar-refractivity contribution in [3.63, 3.8) is 0 Å². The van der Waals surface area contributed by atoms with Crippen molar-refractivity contribution in [1.29, 1.82) is 0 Å². The highest BCUT2D eigenvalue weighted by Crippen LogP contribution is 2.38. The monoisotopic (exact) mass is 481 g/mol. The number of benzene rings is 3. The van der Waals surface area contributed by atoms with E-state index in [1.54, 1.807) is 30.3 Å². The lowest BCUT2D eigenvalue weighted by molar-refractivity contribution is -0.137. The molecule has 0 bridgehead atoms. The molecule has 0 fully saturated rings. The molecule has 3 aromatic carbocycles. The van der Waals surface area contributed by atoms with Crippen molar-refractivity contribution in [2.75, 3.05) is 6.54 Å². The fourth-order valence-electron chi connectivity index (χ4n) is 4.32. The van der Waals surface area contributed by atoms with Crippen LogP contribution < -0.4 is 4.74 Å². The second-order valence-electron chi connectivity index (χ2n) is 8.82. The number of hydrogen-bond donors (Lipinski definition) is 1. The average molecular weight is 482 g/mol. The lowest BCUT2D eigenvalue weighted by atomic mass is 9.91. The van der Waals surface area contributed by atoms with Gasteiger partial charge in [-0.05, 0) is 60.0 Å². The van der Waals surface area contributed by atoms with E-state index in [0.29, 0.717) is 34.7 Å². The van der Waals surface area contributed by atoms with Crippen LogP contribution in [0, 0.1) is 5.82 Å². The van der Waals surface area contributed by atoms with Crippen LogP contribution in [0.3, 0.4) is 0 Å². The molecule has 0 saturated heterocycles. The Morgan fingerprint density at radius 2 is 1.91 bits per heavy atom. The minimum Gasteiger partial charge on any atom is -0.487 e. The van der Waals surface area contributed by atoms with Crippen molar-refractivity contribution >= 4 is 23.5 Å². The molecule has 1 unspecified atom stereocenters. The van der Waals surface area contributed by atoms with E-state index in [2.05, 4.69) is 0 Å². The predicted molar refractivity (Wildman–Crippen MR) is 128 cm³/mol. The smallest absolute Gasteiger partial charge is 0.305 e.